The summed E-state index contributed by atoms with van der Waals surface area (Å²) in [4.78, 5) is 35.3. The first-order valence-electron chi connectivity index (χ1n) is 10.7. The molecule has 0 aliphatic carbocycles. The summed E-state index contributed by atoms with van der Waals surface area (Å²) in [6.07, 6.45) is 6.32. The molecule has 0 radical (unpaired) electrons. The van der Waals surface area contributed by atoms with E-state index in [4.69, 9.17) is 4.98 Å². The Kier molecular flexibility index (Phi) is 4.99. The Balaban J connectivity index is 1.63. The van der Waals surface area contributed by atoms with Gasteiger partial charge in [-0.2, -0.15) is 4.98 Å². The number of aryl methyl sites for hydroxylation is 4. The molecular formula is C23H24FN7O2. The monoisotopic (exact) mass is 449 g/mol. The Morgan fingerprint density at radius 2 is 1.76 bits per heavy atom. The van der Waals surface area contributed by atoms with Crippen LogP contribution in [0.1, 0.15) is 23.4 Å². The summed E-state index contributed by atoms with van der Waals surface area (Å²) in [5, 5.41) is 0. The highest BCUT2D eigenvalue weighted by molar-refractivity contribution is 5.76. The number of fused-ring (bicyclic) bond motifs is 3. The summed E-state index contributed by atoms with van der Waals surface area (Å²) in [7, 11) is 1.61. The van der Waals surface area contributed by atoms with Crippen molar-refractivity contribution in [2.24, 2.45) is 7.05 Å². The summed E-state index contributed by atoms with van der Waals surface area (Å²) in [6, 6.07) is 5.78. The number of hydrogen-bond donors (Lipinski definition) is 0. The summed E-state index contributed by atoms with van der Waals surface area (Å²) in [5.41, 5.74) is 2.43. The number of nitrogens with zero attached hydrogens (tertiary/aromatic N) is 7. The van der Waals surface area contributed by atoms with Crippen molar-refractivity contribution in [3.05, 3.63) is 86.6 Å². The fourth-order valence-corrected chi connectivity index (χ4v) is 4.32. The van der Waals surface area contributed by atoms with Gasteiger partial charge in [0.05, 0.1) is 12.9 Å². The number of imidazole rings is 3. The molecule has 0 N–H and O–H groups in total. The fraction of sp³-hybridized carbons (Fsp3) is 0.304. The molecule has 1 aromatic carbocycles. The van der Waals surface area contributed by atoms with Crippen molar-refractivity contribution >= 4 is 16.9 Å². The second kappa shape index (κ2) is 7.88. The van der Waals surface area contributed by atoms with E-state index in [2.05, 4.69) is 9.55 Å². The van der Waals surface area contributed by atoms with E-state index < -0.39 is 11.2 Å². The van der Waals surface area contributed by atoms with Crippen molar-refractivity contribution in [2.45, 2.75) is 39.9 Å². The fourth-order valence-electron chi connectivity index (χ4n) is 4.32. The third kappa shape index (κ3) is 3.38. The van der Waals surface area contributed by atoms with E-state index in [0.29, 0.717) is 29.0 Å². The first-order valence-corrected chi connectivity index (χ1v) is 10.7. The van der Waals surface area contributed by atoms with Gasteiger partial charge < -0.3 is 9.13 Å². The number of rotatable bonds is 6. The third-order valence-electron chi connectivity index (χ3n) is 6.24. The molecule has 5 rings (SSSR count). The van der Waals surface area contributed by atoms with E-state index in [1.807, 2.05) is 29.0 Å². The maximum absolute atomic E-state index is 13.5. The first-order chi connectivity index (χ1) is 15.9. The predicted molar refractivity (Wildman–Crippen MR) is 122 cm³/mol. The van der Waals surface area contributed by atoms with Gasteiger partial charge in [-0.1, -0.05) is 12.1 Å². The molecule has 0 bridgehead atoms. The van der Waals surface area contributed by atoms with Gasteiger partial charge in [-0.05, 0) is 38.0 Å². The van der Waals surface area contributed by atoms with Gasteiger partial charge in [-0.25, -0.2) is 14.2 Å². The van der Waals surface area contributed by atoms with Gasteiger partial charge in [-0.15, -0.1) is 0 Å². The molecule has 0 spiro atoms. The van der Waals surface area contributed by atoms with E-state index in [0.717, 1.165) is 24.4 Å². The highest BCUT2D eigenvalue weighted by Crippen LogP contribution is 2.21. The molecule has 5 aromatic rings. The average Bonchev–Trinajstić information content (AvgIpc) is 3.51. The van der Waals surface area contributed by atoms with Crippen molar-refractivity contribution in [1.29, 1.82) is 0 Å². The molecule has 0 aliphatic rings. The van der Waals surface area contributed by atoms with E-state index in [-0.39, 0.29) is 12.4 Å². The Morgan fingerprint density at radius 1 is 1.00 bits per heavy atom. The molecule has 0 aliphatic heterocycles. The van der Waals surface area contributed by atoms with Gasteiger partial charge in [0.2, 0.25) is 5.78 Å². The maximum Gasteiger partial charge on any atom is 0.332 e. The van der Waals surface area contributed by atoms with Crippen LogP contribution in [0.2, 0.25) is 0 Å². The van der Waals surface area contributed by atoms with Gasteiger partial charge in [0, 0.05) is 43.9 Å². The Hall–Kier alpha value is -3.95. The van der Waals surface area contributed by atoms with E-state index in [1.165, 1.54) is 21.3 Å². The molecule has 4 heterocycles. The summed E-state index contributed by atoms with van der Waals surface area (Å²) in [6.45, 7) is 5.53. The molecule has 0 fully saturated rings. The lowest BCUT2D eigenvalue weighted by Crippen LogP contribution is -2.39. The van der Waals surface area contributed by atoms with Gasteiger partial charge in [0.15, 0.2) is 11.2 Å². The van der Waals surface area contributed by atoms with E-state index >= 15 is 0 Å². The smallest absolute Gasteiger partial charge is 0.332 e. The number of hydrogen-bond acceptors (Lipinski definition) is 4. The van der Waals surface area contributed by atoms with Crippen molar-refractivity contribution in [3.63, 3.8) is 0 Å². The van der Waals surface area contributed by atoms with Crippen molar-refractivity contribution in [2.75, 3.05) is 0 Å². The molecule has 9 nitrogen and oxygen atoms in total. The normalized spacial score (nSPS) is 11.8. The molecule has 10 heteroatoms. The molecule has 0 saturated heterocycles. The second-order valence-corrected chi connectivity index (χ2v) is 8.26. The standard InChI is InChI=1S/C23H24FN7O2/c1-15-16(2)31-19-20(26-22(31)29(15)11-4-10-28-12-9-25-14-28)27(3)23(33)30(21(19)32)13-17-5-7-18(24)8-6-17/h5-9,12,14H,4,10-11,13H2,1-3H3. The largest absolute Gasteiger partial charge is 0.337 e. The van der Waals surface area contributed by atoms with Crippen molar-refractivity contribution < 1.29 is 4.39 Å². The van der Waals surface area contributed by atoms with E-state index in [9.17, 15) is 14.0 Å². The van der Waals surface area contributed by atoms with Crippen LogP contribution in [0.15, 0.2) is 52.6 Å². The lowest BCUT2D eigenvalue weighted by atomic mass is 10.2. The van der Waals surface area contributed by atoms with Crippen LogP contribution in [0.25, 0.3) is 16.9 Å². The van der Waals surface area contributed by atoms with Crippen LogP contribution in [-0.4, -0.2) is 32.6 Å². The molecule has 170 valence electrons. The quantitative estimate of drug-likeness (QED) is 0.398. The molecular weight excluding hydrogens is 425 g/mol. The number of halogens is 1. The lowest BCUT2D eigenvalue weighted by molar-refractivity contribution is 0.563. The van der Waals surface area contributed by atoms with Crippen molar-refractivity contribution in [1.82, 2.24) is 32.6 Å². The van der Waals surface area contributed by atoms with Crippen molar-refractivity contribution in [3.8, 4) is 0 Å². The SMILES string of the molecule is Cc1c(C)n2c3c(=O)n(Cc4ccc(F)cc4)c(=O)n(C)c3nc2n1CCCn1ccnc1. The van der Waals surface area contributed by atoms with Crippen LogP contribution in [0, 0.1) is 19.7 Å². The minimum atomic E-state index is -0.460. The second-order valence-electron chi connectivity index (χ2n) is 8.26. The van der Waals surface area contributed by atoms with Gasteiger partial charge in [0.25, 0.3) is 5.56 Å². The minimum absolute atomic E-state index is 0.0542. The average molecular weight is 449 g/mol. The van der Waals surface area contributed by atoms with Gasteiger partial charge >= 0.3 is 5.69 Å². The maximum atomic E-state index is 13.5. The Morgan fingerprint density at radius 3 is 2.45 bits per heavy atom. The molecule has 4 aromatic heterocycles. The molecule has 33 heavy (non-hydrogen) atoms. The molecule has 0 saturated carbocycles. The third-order valence-corrected chi connectivity index (χ3v) is 6.24. The zero-order valence-corrected chi connectivity index (χ0v) is 18.7. The number of aromatic nitrogens is 7. The highest BCUT2D eigenvalue weighted by Gasteiger charge is 2.22. The van der Waals surface area contributed by atoms with Crippen LogP contribution in [0.5, 0.6) is 0 Å². The van der Waals surface area contributed by atoms with Crippen LogP contribution < -0.4 is 11.2 Å². The van der Waals surface area contributed by atoms with Gasteiger partial charge in [0.1, 0.15) is 5.82 Å². The molecule has 0 unspecified atom stereocenters. The number of benzene rings is 1. The highest BCUT2D eigenvalue weighted by atomic mass is 19.1. The predicted octanol–water partition coefficient (Wildman–Crippen LogP) is 2.24. The van der Waals surface area contributed by atoms with Crippen LogP contribution in [-0.2, 0) is 26.7 Å². The first kappa shape index (κ1) is 20.9. The summed E-state index contributed by atoms with van der Waals surface area (Å²) in [5.74, 6) is 0.268. The summed E-state index contributed by atoms with van der Waals surface area (Å²) >= 11 is 0. The zero-order chi connectivity index (χ0) is 23.3. The lowest BCUT2D eigenvalue weighted by Gasteiger charge is -2.09. The van der Waals surface area contributed by atoms with Crippen LogP contribution >= 0.6 is 0 Å². The van der Waals surface area contributed by atoms with Crippen LogP contribution in [0.4, 0.5) is 4.39 Å². The Labute approximate surface area is 188 Å². The Bertz CT molecular complexity index is 1590. The van der Waals surface area contributed by atoms with Crippen LogP contribution in [0.3, 0.4) is 0 Å². The molecule has 0 amide bonds. The summed E-state index contributed by atoms with van der Waals surface area (Å²) < 4.78 is 21.8. The molecule has 0 atom stereocenters. The van der Waals surface area contributed by atoms with E-state index in [1.54, 1.807) is 31.7 Å². The zero-order valence-electron chi connectivity index (χ0n) is 18.7. The topological polar surface area (TPSA) is 84.0 Å². The minimum Gasteiger partial charge on any atom is -0.337 e. The van der Waals surface area contributed by atoms with Gasteiger partial charge in [-0.3, -0.25) is 18.3 Å².